The lowest BCUT2D eigenvalue weighted by Gasteiger charge is -2.20. The number of imidazole rings is 1. The molecule has 1 unspecified atom stereocenters. The maximum atomic E-state index is 13.2. The lowest BCUT2D eigenvalue weighted by atomic mass is 10.2. The highest BCUT2D eigenvalue weighted by Gasteiger charge is 2.28. The van der Waals surface area contributed by atoms with Gasteiger partial charge >= 0.3 is 0 Å². The number of carbonyl (C=O) groups is 1. The van der Waals surface area contributed by atoms with Gasteiger partial charge in [-0.3, -0.25) is 4.79 Å². The summed E-state index contributed by atoms with van der Waals surface area (Å²) in [6, 6.07) is 9.20. The van der Waals surface area contributed by atoms with Gasteiger partial charge in [0.05, 0.1) is 17.6 Å². The van der Waals surface area contributed by atoms with E-state index in [1.807, 2.05) is 19.0 Å². The highest BCUT2D eigenvalue weighted by atomic mass is 19.3. The molecule has 33 heavy (non-hydrogen) atoms. The summed E-state index contributed by atoms with van der Waals surface area (Å²) in [5.41, 5.74) is 2.33. The number of rotatable bonds is 7. The highest BCUT2D eigenvalue weighted by molar-refractivity contribution is 5.94. The molecule has 0 saturated carbocycles. The third kappa shape index (κ3) is 4.85. The van der Waals surface area contributed by atoms with Gasteiger partial charge in [-0.1, -0.05) is 0 Å². The normalized spacial score (nSPS) is 16.1. The highest BCUT2D eigenvalue weighted by Crippen LogP contribution is 2.26. The van der Waals surface area contributed by atoms with Crippen molar-refractivity contribution in [1.29, 1.82) is 0 Å². The topological polar surface area (TPSA) is 79.2 Å². The molecule has 0 radical (unpaired) electrons. The van der Waals surface area contributed by atoms with E-state index in [0.29, 0.717) is 41.2 Å². The molecule has 1 amide bonds. The van der Waals surface area contributed by atoms with Crippen LogP contribution in [0.2, 0.25) is 0 Å². The molecule has 3 aromatic rings. The molecule has 3 heterocycles. The molecule has 4 rings (SSSR count). The van der Waals surface area contributed by atoms with Crippen LogP contribution < -0.4 is 5.32 Å². The van der Waals surface area contributed by atoms with Crippen molar-refractivity contribution in [2.24, 2.45) is 0 Å². The van der Waals surface area contributed by atoms with Gasteiger partial charge in [-0.25, -0.2) is 23.7 Å². The number of nitrogens with one attached hydrogen (secondary N) is 1. The average molecular weight is 456 g/mol. The molecule has 1 fully saturated rings. The molecule has 1 saturated heterocycles. The monoisotopic (exact) mass is 455 g/mol. The number of nitrogens with zero attached hydrogens (tertiary/aromatic N) is 6. The van der Waals surface area contributed by atoms with Crippen LogP contribution in [-0.4, -0.2) is 68.5 Å². The standard InChI is InChI=1S/C23H27F2N7O/c1-4-32-19(13-27-21(32)20(24)25)18-9-11-26-23(29-18)28-16-7-5-15(6-8-16)22(33)31-12-10-17(14-31)30(2)3/h5-9,11,13,17,20H,4,10,12,14H2,1-3H3,(H,26,28,29). The SMILES string of the molecule is CCn1c(-c2ccnc(Nc3ccc(C(=O)N4CCC(N(C)C)C4)cc3)n2)cnc1C(F)F. The fourth-order valence-electron chi connectivity index (χ4n) is 4.02. The van der Waals surface area contributed by atoms with Crippen molar-refractivity contribution in [3.63, 3.8) is 0 Å². The van der Waals surface area contributed by atoms with Gasteiger partial charge in [-0.15, -0.1) is 0 Å². The van der Waals surface area contributed by atoms with E-state index in [9.17, 15) is 13.6 Å². The molecular weight excluding hydrogens is 428 g/mol. The fraction of sp³-hybridized carbons (Fsp3) is 0.391. The maximum absolute atomic E-state index is 13.2. The van der Waals surface area contributed by atoms with E-state index in [-0.39, 0.29) is 11.7 Å². The first kappa shape index (κ1) is 22.8. The van der Waals surface area contributed by atoms with Gasteiger partial charge in [-0.2, -0.15) is 0 Å². The van der Waals surface area contributed by atoms with Gasteiger partial charge in [0.15, 0.2) is 5.82 Å². The van der Waals surface area contributed by atoms with Crippen LogP contribution in [0, 0.1) is 0 Å². The number of carbonyl (C=O) groups excluding carboxylic acids is 1. The summed E-state index contributed by atoms with van der Waals surface area (Å²) in [4.78, 5) is 29.3. The summed E-state index contributed by atoms with van der Waals surface area (Å²) in [5, 5.41) is 3.11. The zero-order valence-corrected chi connectivity index (χ0v) is 18.9. The zero-order chi connectivity index (χ0) is 23.5. The van der Waals surface area contributed by atoms with E-state index in [1.165, 1.54) is 10.8 Å². The zero-order valence-electron chi connectivity index (χ0n) is 18.9. The van der Waals surface area contributed by atoms with Crippen LogP contribution in [0.3, 0.4) is 0 Å². The Morgan fingerprint density at radius 3 is 2.61 bits per heavy atom. The number of halogens is 2. The Kier molecular flexibility index (Phi) is 6.64. The number of likely N-dealkylation sites (tertiary alicyclic amines) is 1. The lowest BCUT2D eigenvalue weighted by Crippen LogP contribution is -2.34. The summed E-state index contributed by atoms with van der Waals surface area (Å²) < 4.78 is 27.8. The summed E-state index contributed by atoms with van der Waals surface area (Å²) in [6.07, 6.45) is 1.28. The van der Waals surface area contributed by atoms with Gasteiger partial charge in [0.2, 0.25) is 5.95 Å². The minimum Gasteiger partial charge on any atom is -0.337 e. The molecule has 0 aliphatic carbocycles. The summed E-state index contributed by atoms with van der Waals surface area (Å²) >= 11 is 0. The molecule has 10 heteroatoms. The van der Waals surface area contributed by atoms with Crippen LogP contribution in [0.25, 0.3) is 11.4 Å². The van der Waals surface area contributed by atoms with Crippen molar-refractivity contribution in [3.8, 4) is 11.4 Å². The number of benzene rings is 1. The summed E-state index contributed by atoms with van der Waals surface area (Å²) in [7, 11) is 4.06. The maximum Gasteiger partial charge on any atom is 0.295 e. The van der Waals surface area contributed by atoms with Crippen molar-refractivity contribution in [1.82, 2.24) is 29.3 Å². The third-order valence-corrected chi connectivity index (χ3v) is 5.88. The molecule has 2 aromatic heterocycles. The molecule has 1 aromatic carbocycles. The van der Waals surface area contributed by atoms with E-state index in [4.69, 9.17) is 0 Å². The van der Waals surface area contributed by atoms with Crippen molar-refractivity contribution in [2.75, 3.05) is 32.5 Å². The number of alkyl halides is 2. The van der Waals surface area contributed by atoms with Crippen LogP contribution in [0.1, 0.15) is 36.0 Å². The third-order valence-electron chi connectivity index (χ3n) is 5.88. The number of hydrogen-bond donors (Lipinski definition) is 1. The minimum atomic E-state index is -2.66. The van der Waals surface area contributed by atoms with Crippen molar-refractivity contribution in [2.45, 2.75) is 32.4 Å². The van der Waals surface area contributed by atoms with Crippen LogP contribution in [-0.2, 0) is 6.54 Å². The van der Waals surface area contributed by atoms with Gasteiger partial charge in [0.25, 0.3) is 12.3 Å². The second kappa shape index (κ2) is 9.62. The lowest BCUT2D eigenvalue weighted by molar-refractivity contribution is 0.0783. The van der Waals surface area contributed by atoms with Crippen molar-refractivity contribution >= 4 is 17.5 Å². The second-order valence-corrected chi connectivity index (χ2v) is 8.17. The fourth-order valence-corrected chi connectivity index (χ4v) is 4.02. The van der Waals surface area contributed by atoms with E-state index < -0.39 is 6.43 Å². The molecule has 1 aliphatic heterocycles. The van der Waals surface area contributed by atoms with E-state index in [1.54, 1.807) is 43.5 Å². The largest absolute Gasteiger partial charge is 0.337 e. The van der Waals surface area contributed by atoms with Crippen molar-refractivity contribution < 1.29 is 13.6 Å². The number of anilines is 2. The van der Waals surface area contributed by atoms with Crippen LogP contribution in [0.5, 0.6) is 0 Å². The molecule has 1 N–H and O–H groups in total. The number of likely N-dealkylation sites (N-methyl/N-ethyl adjacent to an activating group) is 1. The molecule has 0 spiro atoms. The predicted octanol–water partition coefficient (Wildman–Crippen LogP) is 3.82. The first-order chi connectivity index (χ1) is 15.9. The molecule has 174 valence electrons. The van der Waals surface area contributed by atoms with Gasteiger partial charge in [-0.05, 0) is 57.8 Å². The first-order valence-electron chi connectivity index (χ1n) is 10.9. The number of hydrogen-bond acceptors (Lipinski definition) is 6. The molecule has 8 nitrogen and oxygen atoms in total. The Bertz CT molecular complexity index is 1110. The van der Waals surface area contributed by atoms with Crippen LogP contribution >= 0.6 is 0 Å². The molecular formula is C23H27F2N7O. The Labute approximate surface area is 191 Å². The Morgan fingerprint density at radius 1 is 1.21 bits per heavy atom. The summed E-state index contributed by atoms with van der Waals surface area (Å²) in [6.45, 7) is 3.62. The smallest absolute Gasteiger partial charge is 0.295 e. The minimum absolute atomic E-state index is 0.0202. The Balaban J connectivity index is 1.47. The van der Waals surface area contributed by atoms with Gasteiger partial charge in [0.1, 0.15) is 0 Å². The van der Waals surface area contributed by atoms with Crippen LogP contribution in [0.15, 0.2) is 42.7 Å². The predicted molar refractivity (Wildman–Crippen MR) is 122 cm³/mol. The summed E-state index contributed by atoms with van der Waals surface area (Å²) in [5.74, 6) is 0.0602. The molecule has 1 aliphatic rings. The average Bonchev–Trinajstić information content (AvgIpc) is 3.47. The van der Waals surface area contributed by atoms with E-state index >= 15 is 0 Å². The van der Waals surface area contributed by atoms with E-state index in [0.717, 1.165) is 19.5 Å². The van der Waals surface area contributed by atoms with Crippen molar-refractivity contribution in [3.05, 3.63) is 54.1 Å². The Hall–Kier alpha value is -3.40. The van der Waals surface area contributed by atoms with Gasteiger partial charge < -0.3 is 19.7 Å². The Morgan fingerprint density at radius 2 is 1.97 bits per heavy atom. The van der Waals surface area contributed by atoms with E-state index in [2.05, 4.69) is 25.2 Å². The number of amides is 1. The first-order valence-corrected chi connectivity index (χ1v) is 10.9. The second-order valence-electron chi connectivity index (χ2n) is 8.17. The molecule has 0 bridgehead atoms. The quantitative estimate of drug-likeness (QED) is 0.584. The molecule has 1 atom stereocenters. The van der Waals surface area contributed by atoms with Crippen LogP contribution in [0.4, 0.5) is 20.4 Å². The van der Waals surface area contributed by atoms with Gasteiger partial charge in [0, 0.05) is 43.1 Å². The number of aromatic nitrogens is 4.